The number of nitrogens with one attached hydrogen (secondary N) is 2. The average Bonchev–Trinajstić information content (AvgIpc) is 3.19. The maximum Gasteiger partial charge on any atom is 0.244 e. The molecule has 0 saturated heterocycles. The summed E-state index contributed by atoms with van der Waals surface area (Å²) in [6.07, 6.45) is 1.04. The summed E-state index contributed by atoms with van der Waals surface area (Å²) in [5.41, 5.74) is 1.85. The van der Waals surface area contributed by atoms with Crippen molar-refractivity contribution in [1.29, 1.82) is 0 Å². The van der Waals surface area contributed by atoms with Crippen molar-refractivity contribution in [3.63, 3.8) is 0 Å². The summed E-state index contributed by atoms with van der Waals surface area (Å²) in [5.74, 6) is 1.01. The fourth-order valence-electron chi connectivity index (χ4n) is 2.52. The molecule has 0 atom stereocenters. The maximum atomic E-state index is 12.3. The van der Waals surface area contributed by atoms with E-state index in [1.165, 1.54) is 0 Å². The van der Waals surface area contributed by atoms with Gasteiger partial charge in [0.25, 0.3) is 0 Å². The Hall–Kier alpha value is -2.52. The summed E-state index contributed by atoms with van der Waals surface area (Å²) >= 11 is 0. The molecule has 2 aromatic heterocycles. The zero-order valence-corrected chi connectivity index (χ0v) is 14.8. The molecule has 0 amide bonds. The molecule has 1 aromatic carbocycles. The smallest absolute Gasteiger partial charge is 0.244 e. The van der Waals surface area contributed by atoms with Crippen molar-refractivity contribution >= 4 is 10.0 Å². The highest BCUT2D eigenvalue weighted by molar-refractivity contribution is 7.89. The average molecular weight is 361 g/mol. The molecule has 0 aliphatic rings. The first-order chi connectivity index (χ1) is 12.0. The Morgan fingerprint density at radius 2 is 1.96 bits per heavy atom. The lowest BCUT2D eigenvalue weighted by molar-refractivity contribution is 0.376. The quantitative estimate of drug-likeness (QED) is 0.622. The number of nitrogens with zero attached hydrogens (tertiary/aromatic N) is 3. The number of sulfonamides is 1. The summed E-state index contributed by atoms with van der Waals surface area (Å²) in [6, 6.07) is 9.52. The van der Waals surface area contributed by atoms with E-state index in [0.717, 1.165) is 5.56 Å². The summed E-state index contributed by atoms with van der Waals surface area (Å²) < 4.78 is 32.4. The van der Waals surface area contributed by atoms with Crippen molar-refractivity contribution < 1.29 is 12.9 Å². The lowest BCUT2D eigenvalue weighted by Gasteiger charge is -2.05. The van der Waals surface area contributed by atoms with E-state index < -0.39 is 10.0 Å². The number of hydrogen-bond acceptors (Lipinski definition) is 6. The number of aromatic amines is 1. The van der Waals surface area contributed by atoms with Crippen LogP contribution in [0.25, 0.3) is 11.4 Å². The van der Waals surface area contributed by atoms with Gasteiger partial charge in [-0.15, -0.1) is 0 Å². The minimum atomic E-state index is -3.58. The number of benzene rings is 1. The summed E-state index contributed by atoms with van der Waals surface area (Å²) in [7, 11) is -3.58. The monoisotopic (exact) mass is 361 g/mol. The zero-order valence-electron chi connectivity index (χ0n) is 14.0. The Morgan fingerprint density at radius 3 is 2.64 bits per heavy atom. The molecule has 0 bridgehead atoms. The number of aryl methyl sites for hydroxylation is 3. The third kappa shape index (κ3) is 3.94. The molecule has 3 rings (SSSR count). The van der Waals surface area contributed by atoms with Crippen LogP contribution >= 0.6 is 0 Å². The minimum absolute atomic E-state index is 0.205. The third-order valence-electron chi connectivity index (χ3n) is 3.69. The van der Waals surface area contributed by atoms with Crippen LogP contribution in [0.5, 0.6) is 0 Å². The lowest BCUT2D eigenvalue weighted by Crippen LogP contribution is -2.26. The van der Waals surface area contributed by atoms with Crippen molar-refractivity contribution in [2.75, 3.05) is 6.54 Å². The summed E-state index contributed by atoms with van der Waals surface area (Å²) in [4.78, 5) is 4.53. The SMILES string of the molecule is Cc1n[nH]c(C)c1S(=O)(=O)NCCCc1nc(-c2ccccc2)no1. The van der Waals surface area contributed by atoms with Crippen LogP contribution in [0, 0.1) is 13.8 Å². The van der Waals surface area contributed by atoms with Gasteiger partial charge in [-0.1, -0.05) is 35.5 Å². The van der Waals surface area contributed by atoms with Crippen LogP contribution in [0.15, 0.2) is 39.8 Å². The number of H-pyrrole nitrogens is 1. The number of rotatable bonds is 7. The first kappa shape index (κ1) is 17.3. The van der Waals surface area contributed by atoms with Crippen molar-refractivity contribution in [3.05, 3.63) is 47.6 Å². The van der Waals surface area contributed by atoms with Crippen LogP contribution < -0.4 is 4.72 Å². The lowest BCUT2D eigenvalue weighted by atomic mass is 10.2. The van der Waals surface area contributed by atoms with Crippen LogP contribution in [-0.2, 0) is 16.4 Å². The van der Waals surface area contributed by atoms with Crippen molar-refractivity contribution in [1.82, 2.24) is 25.1 Å². The Morgan fingerprint density at radius 1 is 1.20 bits per heavy atom. The van der Waals surface area contributed by atoms with Crippen LogP contribution in [0.1, 0.15) is 23.7 Å². The van der Waals surface area contributed by atoms with Gasteiger partial charge in [0.15, 0.2) is 0 Å². The van der Waals surface area contributed by atoms with E-state index in [1.807, 2.05) is 30.3 Å². The van der Waals surface area contributed by atoms with E-state index in [4.69, 9.17) is 4.52 Å². The molecule has 0 spiro atoms. The molecular weight excluding hydrogens is 342 g/mol. The molecule has 0 fully saturated rings. The molecule has 3 aromatic rings. The van der Waals surface area contributed by atoms with Crippen LogP contribution in [0.3, 0.4) is 0 Å². The van der Waals surface area contributed by atoms with E-state index in [0.29, 0.717) is 35.9 Å². The zero-order chi connectivity index (χ0) is 17.9. The molecule has 0 aliphatic carbocycles. The summed E-state index contributed by atoms with van der Waals surface area (Å²) in [6.45, 7) is 3.61. The van der Waals surface area contributed by atoms with E-state index in [9.17, 15) is 8.42 Å². The van der Waals surface area contributed by atoms with Crippen LogP contribution in [0.2, 0.25) is 0 Å². The Balaban J connectivity index is 1.55. The first-order valence-electron chi connectivity index (χ1n) is 7.86. The van der Waals surface area contributed by atoms with Gasteiger partial charge in [-0.2, -0.15) is 10.1 Å². The van der Waals surface area contributed by atoms with Gasteiger partial charge in [-0.05, 0) is 20.3 Å². The maximum absolute atomic E-state index is 12.3. The highest BCUT2D eigenvalue weighted by Gasteiger charge is 2.21. The molecule has 9 heteroatoms. The Kier molecular flexibility index (Phi) is 4.95. The summed E-state index contributed by atoms with van der Waals surface area (Å²) in [5, 5.41) is 10.5. The van der Waals surface area contributed by atoms with Crippen LogP contribution in [-0.4, -0.2) is 35.3 Å². The molecule has 25 heavy (non-hydrogen) atoms. The normalized spacial score (nSPS) is 11.8. The Bertz CT molecular complexity index is 928. The van der Waals surface area contributed by atoms with Crippen molar-refractivity contribution in [2.24, 2.45) is 0 Å². The van der Waals surface area contributed by atoms with Gasteiger partial charge >= 0.3 is 0 Å². The van der Waals surface area contributed by atoms with E-state index in [2.05, 4.69) is 25.1 Å². The predicted octanol–water partition coefficient (Wildman–Crippen LogP) is 1.99. The predicted molar refractivity (Wildman–Crippen MR) is 91.3 cm³/mol. The first-order valence-corrected chi connectivity index (χ1v) is 9.35. The van der Waals surface area contributed by atoms with E-state index in [1.54, 1.807) is 13.8 Å². The molecular formula is C16H19N5O3S. The molecule has 2 N–H and O–H groups in total. The van der Waals surface area contributed by atoms with Gasteiger partial charge in [-0.25, -0.2) is 13.1 Å². The third-order valence-corrected chi connectivity index (χ3v) is 5.41. The molecule has 2 heterocycles. The van der Waals surface area contributed by atoms with Gasteiger partial charge in [0.05, 0.1) is 11.4 Å². The van der Waals surface area contributed by atoms with Gasteiger partial charge in [-0.3, -0.25) is 5.10 Å². The second-order valence-corrected chi connectivity index (χ2v) is 7.35. The number of aromatic nitrogens is 4. The second-order valence-electron chi connectivity index (χ2n) is 5.64. The van der Waals surface area contributed by atoms with Crippen molar-refractivity contribution in [2.45, 2.75) is 31.6 Å². The second kappa shape index (κ2) is 7.16. The highest BCUT2D eigenvalue weighted by Crippen LogP contribution is 2.17. The fraction of sp³-hybridized carbons (Fsp3) is 0.312. The standard InChI is InChI=1S/C16H19N5O3S/c1-11-15(12(2)20-19-11)25(22,23)17-10-6-9-14-18-16(21-24-14)13-7-4-3-5-8-13/h3-5,7-8,17H,6,9-10H2,1-2H3,(H,19,20). The van der Waals surface area contributed by atoms with Gasteiger partial charge in [0, 0.05) is 18.5 Å². The van der Waals surface area contributed by atoms with Crippen molar-refractivity contribution in [3.8, 4) is 11.4 Å². The molecule has 132 valence electrons. The fourth-order valence-corrected chi connectivity index (χ4v) is 3.96. The van der Waals surface area contributed by atoms with Gasteiger partial charge in [0.1, 0.15) is 4.90 Å². The van der Waals surface area contributed by atoms with Crippen LogP contribution in [0.4, 0.5) is 0 Å². The molecule has 8 nitrogen and oxygen atoms in total. The van der Waals surface area contributed by atoms with E-state index >= 15 is 0 Å². The molecule has 0 unspecified atom stereocenters. The minimum Gasteiger partial charge on any atom is -0.339 e. The highest BCUT2D eigenvalue weighted by atomic mass is 32.2. The molecule has 0 radical (unpaired) electrons. The van der Waals surface area contributed by atoms with Gasteiger partial charge < -0.3 is 4.52 Å². The molecule has 0 saturated carbocycles. The topological polar surface area (TPSA) is 114 Å². The van der Waals surface area contributed by atoms with Gasteiger partial charge in [0.2, 0.25) is 21.7 Å². The Labute approximate surface area is 145 Å². The largest absolute Gasteiger partial charge is 0.339 e. The van der Waals surface area contributed by atoms with E-state index in [-0.39, 0.29) is 11.4 Å². The molecule has 0 aliphatic heterocycles. The number of hydrogen-bond donors (Lipinski definition) is 2.